The number of carbonyl (C=O) groups excluding carboxylic acids is 1. The van der Waals surface area contributed by atoms with Gasteiger partial charge in [-0.05, 0) is 41.5 Å². The monoisotopic (exact) mass is 293 g/mol. The first-order chi connectivity index (χ1) is 10.6. The predicted octanol–water partition coefficient (Wildman–Crippen LogP) is 3.16. The zero-order chi connectivity index (χ0) is 15.9. The van der Waals surface area contributed by atoms with E-state index >= 15 is 0 Å². The Hall–Kier alpha value is -2.88. The molecule has 0 saturated carbocycles. The molecule has 112 valence electrons. The van der Waals surface area contributed by atoms with E-state index in [2.05, 4.69) is 17.1 Å². The van der Waals surface area contributed by atoms with Crippen LogP contribution < -0.4 is 10.3 Å². The topological polar surface area (TPSA) is 44.7 Å². The van der Waals surface area contributed by atoms with Crippen LogP contribution in [0.25, 0.3) is 6.08 Å². The van der Waals surface area contributed by atoms with Crippen LogP contribution in [0.1, 0.15) is 21.5 Å². The Kier molecular flexibility index (Phi) is 5.09. The van der Waals surface area contributed by atoms with E-state index in [0.717, 1.165) is 16.8 Å². The lowest BCUT2D eigenvalue weighted by molar-refractivity contribution is 0.0955. The van der Waals surface area contributed by atoms with E-state index in [9.17, 15) is 4.79 Å². The quantitative estimate of drug-likeness (QED) is 0.680. The van der Waals surface area contributed by atoms with E-state index in [0.29, 0.717) is 5.56 Å². The molecule has 0 heterocycles. The molecule has 0 atom stereocenters. The first kappa shape index (κ1) is 15.5. The molecule has 1 N–H and O–H groups in total. The van der Waals surface area contributed by atoms with Gasteiger partial charge in [0.15, 0.2) is 0 Å². The molecular weight excluding hydrogens is 274 g/mol. The molecule has 0 spiro atoms. The predicted molar refractivity (Wildman–Crippen MR) is 92.4 cm³/mol. The molecule has 0 unspecified atom stereocenters. The fraction of sp³-hybridized carbons (Fsp3) is 0.111. The van der Waals surface area contributed by atoms with Crippen molar-refractivity contribution in [3.8, 4) is 0 Å². The van der Waals surface area contributed by atoms with Crippen molar-refractivity contribution in [2.45, 2.75) is 0 Å². The summed E-state index contributed by atoms with van der Waals surface area (Å²) in [7, 11) is 3.91. The summed E-state index contributed by atoms with van der Waals surface area (Å²) < 4.78 is 0. The fourth-order valence-corrected chi connectivity index (χ4v) is 1.91. The van der Waals surface area contributed by atoms with Crippen LogP contribution in [0.4, 0.5) is 5.69 Å². The second kappa shape index (κ2) is 7.22. The number of anilines is 1. The fourth-order valence-electron chi connectivity index (χ4n) is 1.91. The van der Waals surface area contributed by atoms with Crippen molar-refractivity contribution in [1.82, 2.24) is 5.43 Å². The van der Waals surface area contributed by atoms with Gasteiger partial charge in [0.05, 0.1) is 6.21 Å². The van der Waals surface area contributed by atoms with Crippen LogP contribution in [0.15, 0.2) is 60.2 Å². The molecule has 1 amide bonds. The van der Waals surface area contributed by atoms with Gasteiger partial charge in [0.25, 0.3) is 5.91 Å². The van der Waals surface area contributed by atoms with Crippen LogP contribution in [0.2, 0.25) is 0 Å². The largest absolute Gasteiger partial charge is 0.378 e. The summed E-state index contributed by atoms with van der Waals surface area (Å²) in [6.45, 7) is 3.72. The van der Waals surface area contributed by atoms with Gasteiger partial charge < -0.3 is 4.90 Å². The number of benzene rings is 2. The second-order valence-corrected chi connectivity index (χ2v) is 5.01. The zero-order valence-corrected chi connectivity index (χ0v) is 12.8. The van der Waals surface area contributed by atoms with Crippen LogP contribution in [0.5, 0.6) is 0 Å². The molecule has 0 radical (unpaired) electrons. The SMILES string of the molecule is C=Cc1cccc(C=NNC(=O)c2ccc(N(C)C)cc2)c1. The van der Waals surface area contributed by atoms with Crippen LogP contribution in [-0.4, -0.2) is 26.2 Å². The molecule has 0 aliphatic heterocycles. The van der Waals surface area contributed by atoms with Crippen LogP contribution in [0.3, 0.4) is 0 Å². The Balaban J connectivity index is 1.99. The van der Waals surface area contributed by atoms with Crippen LogP contribution >= 0.6 is 0 Å². The average Bonchev–Trinajstić information content (AvgIpc) is 2.55. The number of rotatable bonds is 5. The van der Waals surface area contributed by atoms with Crippen LogP contribution in [0, 0.1) is 0 Å². The minimum atomic E-state index is -0.235. The number of hydrogen-bond acceptors (Lipinski definition) is 3. The summed E-state index contributed by atoms with van der Waals surface area (Å²) in [6, 6.07) is 15.1. The molecule has 2 aromatic rings. The van der Waals surface area contributed by atoms with Gasteiger partial charge in [0.1, 0.15) is 0 Å². The average molecular weight is 293 g/mol. The van der Waals surface area contributed by atoms with Crippen molar-refractivity contribution < 1.29 is 4.79 Å². The van der Waals surface area contributed by atoms with E-state index in [-0.39, 0.29) is 5.91 Å². The molecule has 0 aliphatic carbocycles. The van der Waals surface area contributed by atoms with E-state index in [4.69, 9.17) is 0 Å². The van der Waals surface area contributed by atoms with E-state index in [1.54, 1.807) is 24.4 Å². The highest BCUT2D eigenvalue weighted by molar-refractivity contribution is 5.95. The standard InChI is InChI=1S/C18H19N3O/c1-4-14-6-5-7-15(12-14)13-19-20-18(22)16-8-10-17(11-9-16)21(2)3/h4-13H,1H2,2-3H3,(H,20,22). The van der Waals surface area contributed by atoms with Crippen molar-refractivity contribution in [1.29, 1.82) is 0 Å². The summed E-state index contributed by atoms with van der Waals surface area (Å²) in [5, 5.41) is 3.98. The maximum Gasteiger partial charge on any atom is 0.271 e. The molecule has 2 rings (SSSR count). The normalized spacial score (nSPS) is 10.5. The first-order valence-electron chi connectivity index (χ1n) is 6.93. The molecule has 0 fully saturated rings. The molecule has 0 bridgehead atoms. The van der Waals surface area contributed by atoms with Gasteiger partial charge in [-0.25, -0.2) is 5.43 Å². The third-order valence-electron chi connectivity index (χ3n) is 3.17. The first-order valence-corrected chi connectivity index (χ1v) is 6.93. The summed E-state index contributed by atoms with van der Waals surface area (Å²) in [5.41, 5.74) is 6.05. The lowest BCUT2D eigenvalue weighted by Crippen LogP contribution is -2.17. The summed E-state index contributed by atoms with van der Waals surface area (Å²) in [5.74, 6) is -0.235. The van der Waals surface area contributed by atoms with Crippen molar-refractivity contribution >= 4 is 23.9 Å². The Morgan fingerprint density at radius 1 is 1.14 bits per heavy atom. The smallest absolute Gasteiger partial charge is 0.271 e. The molecule has 0 aliphatic rings. The Bertz CT molecular complexity index is 688. The van der Waals surface area contributed by atoms with Gasteiger partial charge in [-0.15, -0.1) is 0 Å². The van der Waals surface area contributed by atoms with Crippen LogP contribution in [-0.2, 0) is 0 Å². The molecule has 22 heavy (non-hydrogen) atoms. The maximum absolute atomic E-state index is 12.0. The van der Waals surface area contributed by atoms with Crippen molar-refractivity contribution in [2.75, 3.05) is 19.0 Å². The number of amides is 1. The molecule has 2 aromatic carbocycles. The number of carbonyl (C=O) groups is 1. The van der Waals surface area contributed by atoms with Gasteiger partial charge in [-0.1, -0.05) is 30.9 Å². The summed E-state index contributed by atoms with van der Waals surface area (Å²) in [6.07, 6.45) is 3.38. The number of hydrazone groups is 1. The number of nitrogens with zero attached hydrogens (tertiary/aromatic N) is 2. The molecule has 0 saturated heterocycles. The highest BCUT2D eigenvalue weighted by Gasteiger charge is 2.04. The van der Waals surface area contributed by atoms with Crippen molar-refractivity contribution in [2.24, 2.45) is 5.10 Å². The van der Waals surface area contributed by atoms with Crippen molar-refractivity contribution in [3.63, 3.8) is 0 Å². The molecule has 0 aromatic heterocycles. The highest BCUT2D eigenvalue weighted by Crippen LogP contribution is 2.12. The van der Waals surface area contributed by atoms with Gasteiger partial charge in [-0.2, -0.15) is 5.10 Å². The highest BCUT2D eigenvalue weighted by atomic mass is 16.2. The number of nitrogens with one attached hydrogen (secondary N) is 1. The van der Waals surface area contributed by atoms with E-state index in [1.807, 2.05) is 55.4 Å². The third kappa shape index (κ3) is 4.06. The minimum Gasteiger partial charge on any atom is -0.378 e. The van der Waals surface area contributed by atoms with Crippen molar-refractivity contribution in [3.05, 3.63) is 71.8 Å². The van der Waals surface area contributed by atoms with E-state index < -0.39 is 0 Å². The van der Waals surface area contributed by atoms with Gasteiger partial charge in [0.2, 0.25) is 0 Å². The summed E-state index contributed by atoms with van der Waals surface area (Å²) in [4.78, 5) is 14.0. The van der Waals surface area contributed by atoms with Gasteiger partial charge >= 0.3 is 0 Å². The van der Waals surface area contributed by atoms with E-state index in [1.165, 1.54) is 0 Å². The molecule has 4 heteroatoms. The minimum absolute atomic E-state index is 0.235. The second-order valence-electron chi connectivity index (χ2n) is 5.01. The Morgan fingerprint density at radius 2 is 1.82 bits per heavy atom. The lowest BCUT2D eigenvalue weighted by Gasteiger charge is -2.12. The maximum atomic E-state index is 12.0. The number of hydrogen-bond donors (Lipinski definition) is 1. The third-order valence-corrected chi connectivity index (χ3v) is 3.17. The molecule has 4 nitrogen and oxygen atoms in total. The van der Waals surface area contributed by atoms with Gasteiger partial charge in [-0.3, -0.25) is 4.79 Å². The summed E-state index contributed by atoms with van der Waals surface area (Å²) >= 11 is 0. The Labute approximate surface area is 130 Å². The zero-order valence-electron chi connectivity index (χ0n) is 12.8. The molecular formula is C18H19N3O. The lowest BCUT2D eigenvalue weighted by atomic mass is 10.1. The Morgan fingerprint density at radius 3 is 2.45 bits per heavy atom. The van der Waals surface area contributed by atoms with Gasteiger partial charge in [0, 0.05) is 25.3 Å².